The maximum Gasteiger partial charge on any atom is 0.246 e. The number of hydrogen-bond acceptors (Lipinski definition) is 3. The molecule has 2 aromatic rings. The van der Waals surface area contributed by atoms with Crippen LogP contribution in [0, 0.1) is 12.7 Å². The van der Waals surface area contributed by atoms with Crippen LogP contribution in [0.2, 0.25) is 5.02 Å². The molecule has 0 aliphatic rings. The molecule has 0 unspecified atom stereocenters. The maximum absolute atomic E-state index is 13.8. The number of sulfonamides is 1. The molecule has 128 valence electrons. The molecule has 0 saturated carbocycles. The zero-order valence-electron chi connectivity index (χ0n) is 13.1. The minimum absolute atomic E-state index is 0.0891. The van der Waals surface area contributed by atoms with E-state index in [0.29, 0.717) is 5.69 Å². The predicted molar refractivity (Wildman–Crippen MR) is 91.0 cm³/mol. The van der Waals surface area contributed by atoms with Crippen LogP contribution in [0.3, 0.4) is 0 Å². The highest BCUT2D eigenvalue weighted by Crippen LogP contribution is 2.21. The van der Waals surface area contributed by atoms with E-state index in [-0.39, 0.29) is 5.02 Å². The van der Waals surface area contributed by atoms with Gasteiger partial charge in [-0.25, -0.2) is 12.8 Å². The molecule has 0 atom stereocenters. The van der Waals surface area contributed by atoms with Crippen molar-refractivity contribution in [1.29, 1.82) is 0 Å². The number of amides is 1. The fourth-order valence-electron chi connectivity index (χ4n) is 1.98. The number of nitrogens with one attached hydrogen (secondary N) is 1. The van der Waals surface area contributed by atoms with Gasteiger partial charge in [0.1, 0.15) is 10.7 Å². The summed E-state index contributed by atoms with van der Waals surface area (Å²) in [6.45, 7) is 1.46. The molecule has 0 aliphatic heterocycles. The van der Waals surface area contributed by atoms with Gasteiger partial charge < -0.3 is 5.32 Å². The molecule has 0 aromatic heterocycles. The fourth-order valence-corrected chi connectivity index (χ4v) is 3.30. The molecular formula is C16H16ClFN2O3S. The second-order valence-corrected chi connectivity index (χ2v) is 7.70. The van der Waals surface area contributed by atoms with Crippen molar-refractivity contribution in [1.82, 2.24) is 4.31 Å². The average Bonchev–Trinajstić information content (AvgIpc) is 2.49. The Kier molecular flexibility index (Phi) is 5.58. The fraction of sp³-hybridized carbons (Fsp3) is 0.188. The van der Waals surface area contributed by atoms with Crippen LogP contribution in [0.1, 0.15) is 5.56 Å². The van der Waals surface area contributed by atoms with E-state index < -0.39 is 33.2 Å². The molecule has 0 bridgehead atoms. The quantitative estimate of drug-likeness (QED) is 0.879. The Bertz CT molecular complexity index is 854. The van der Waals surface area contributed by atoms with Crippen molar-refractivity contribution in [2.24, 2.45) is 0 Å². The van der Waals surface area contributed by atoms with Crippen molar-refractivity contribution >= 4 is 33.2 Å². The predicted octanol–water partition coefficient (Wildman–Crippen LogP) is 3.05. The van der Waals surface area contributed by atoms with E-state index in [2.05, 4.69) is 5.32 Å². The number of hydrogen-bond donors (Lipinski definition) is 1. The molecule has 1 amide bonds. The lowest BCUT2D eigenvalue weighted by atomic mass is 10.2. The molecule has 1 N–H and O–H groups in total. The highest BCUT2D eigenvalue weighted by atomic mass is 35.5. The molecule has 0 saturated heterocycles. The zero-order chi connectivity index (χ0) is 17.9. The summed E-state index contributed by atoms with van der Waals surface area (Å²) in [7, 11) is -2.94. The Labute approximate surface area is 145 Å². The normalized spacial score (nSPS) is 11.5. The van der Waals surface area contributed by atoms with Crippen molar-refractivity contribution in [2.75, 3.05) is 18.9 Å². The highest BCUT2D eigenvalue weighted by Gasteiger charge is 2.26. The van der Waals surface area contributed by atoms with Crippen molar-refractivity contribution < 1.29 is 17.6 Å². The van der Waals surface area contributed by atoms with Gasteiger partial charge in [-0.15, -0.1) is 0 Å². The van der Waals surface area contributed by atoms with Crippen LogP contribution in [0.4, 0.5) is 10.1 Å². The first-order valence-electron chi connectivity index (χ1n) is 6.98. The Morgan fingerprint density at radius 2 is 1.83 bits per heavy atom. The van der Waals surface area contributed by atoms with E-state index in [1.807, 2.05) is 19.1 Å². The molecule has 24 heavy (non-hydrogen) atoms. The molecule has 0 heterocycles. The summed E-state index contributed by atoms with van der Waals surface area (Å²) in [6.07, 6.45) is 0. The third-order valence-corrected chi connectivity index (χ3v) is 5.36. The second kappa shape index (κ2) is 7.29. The van der Waals surface area contributed by atoms with E-state index in [4.69, 9.17) is 11.6 Å². The molecular weight excluding hydrogens is 355 g/mol. The number of nitrogens with zero attached hydrogens (tertiary/aromatic N) is 1. The summed E-state index contributed by atoms with van der Waals surface area (Å²) in [5.41, 5.74) is 1.58. The van der Waals surface area contributed by atoms with Crippen molar-refractivity contribution in [2.45, 2.75) is 11.8 Å². The van der Waals surface area contributed by atoms with Crippen LogP contribution in [-0.4, -0.2) is 32.2 Å². The first-order valence-corrected chi connectivity index (χ1v) is 8.80. The van der Waals surface area contributed by atoms with Gasteiger partial charge in [-0.2, -0.15) is 4.31 Å². The van der Waals surface area contributed by atoms with Crippen molar-refractivity contribution in [3.8, 4) is 0 Å². The van der Waals surface area contributed by atoms with Gasteiger partial charge in [0.25, 0.3) is 0 Å². The smallest absolute Gasteiger partial charge is 0.246 e. The van der Waals surface area contributed by atoms with Gasteiger partial charge in [0.05, 0.1) is 6.54 Å². The Balaban J connectivity index is 2.11. The molecule has 0 radical (unpaired) electrons. The number of aryl methyl sites for hydroxylation is 1. The molecule has 2 rings (SSSR count). The lowest BCUT2D eigenvalue weighted by molar-refractivity contribution is -0.116. The van der Waals surface area contributed by atoms with E-state index in [0.717, 1.165) is 22.0 Å². The molecule has 8 heteroatoms. The minimum atomic E-state index is -4.14. The van der Waals surface area contributed by atoms with Crippen LogP contribution in [-0.2, 0) is 14.8 Å². The van der Waals surface area contributed by atoms with Gasteiger partial charge in [-0.05, 0) is 37.3 Å². The van der Waals surface area contributed by atoms with E-state index in [1.54, 1.807) is 12.1 Å². The van der Waals surface area contributed by atoms with Gasteiger partial charge in [0.15, 0.2) is 0 Å². The number of likely N-dealkylation sites (N-methyl/N-ethyl adjacent to an activating group) is 1. The molecule has 2 aromatic carbocycles. The lowest BCUT2D eigenvalue weighted by Crippen LogP contribution is -2.35. The standard InChI is InChI=1S/C16H16ClFN2O3S/c1-11-3-6-13(7-4-11)19-16(21)10-20(2)24(22,23)15-8-5-12(17)9-14(15)18/h3-9H,10H2,1-2H3,(H,19,21). The third-order valence-electron chi connectivity index (χ3n) is 3.28. The van der Waals surface area contributed by atoms with Crippen molar-refractivity contribution in [3.05, 3.63) is 58.9 Å². The third kappa shape index (κ3) is 4.31. The van der Waals surface area contributed by atoms with Crippen LogP contribution in [0.5, 0.6) is 0 Å². The van der Waals surface area contributed by atoms with Crippen molar-refractivity contribution in [3.63, 3.8) is 0 Å². The van der Waals surface area contributed by atoms with Gasteiger partial charge >= 0.3 is 0 Å². The number of halogens is 2. The van der Waals surface area contributed by atoms with Gasteiger partial charge in [0, 0.05) is 17.8 Å². The average molecular weight is 371 g/mol. The Morgan fingerprint density at radius 1 is 1.21 bits per heavy atom. The topological polar surface area (TPSA) is 66.5 Å². The van der Waals surface area contributed by atoms with Crippen LogP contribution >= 0.6 is 11.6 Å². The Hall–Kier alpha value is -1.96. The molecule has 0 spiro atoms. The summed E-state index contributed by atoms with van der Waals surface area (Å²) >= 11 is 5.62. The monoisotopic (exact) mass is 370 g/mol. The van der Waals surface area contributed by atoms with E-state index in [1.165, 1.54) is 13.1 Å². The SMILES string of the molecule is Cc1ccc(NC(=O)CN(C)S(=O)(=O)c2ccc(Cl)cc2F)cc1. The second-order valence-electron chi connectivity index (χ2n) is 5.25. The zero-order valence-corrected chi connectivity index (χ0v) is 14.7. The molecule has 0 fully saturated rings. The van der Waals surface area contributed by atoms with E-state index in [9.17, 15) is 17.6 Å². The first-order chi connectivity index (χ1) is 11.2. The summed E-state index contributed by atoms with van der Waals surface area (Å²) in [5.74, 6) is -1.49. The number of benzene rings is 2. The number of rotatable bonds is 5. The van der Waals surface area contributed by atoms with Gasteiger partial charge in [-0.3, -0.25) is 4.79 Å². The lowest BCUT2D eigenvalue weighted by Gasteiger charge is -2.17. The highest BCUT2D eigenvalue weighted by molar-refractivity contribution is 7.89. The molecule has 5 nitrogen and oxygen atoms in total. The van der Waals surface area contributed by atoms with Gasteiger partial charge in [-0.1, -0.05) is 29.3 Å². The summed E-state index contributed by atoms with van der Waals surface area (Å²) < 4.78 is 39.3. The van der Waals surface area contributed by atoms with Crippen LogP contribution < -0.4 is 5.32 Å². The first kappa shape index (κ1) is 18.4. The summed E-state index contributed by atoms with van der Waals surface area (Å²) in [5, 5.41) is 2.68. The van der Waals surface area contributed by atoms with Crippen LogP contribution in [0.15, 0.2) is 47.4 Å². The number of anilines is 1. The van der Waals surface area contributed by atoms with Gasteiger partial charge in [0.2, 0.25) is 15.9 Å². The summed E-state index contributed by atoms with van der Waals surface area (Å²) in [4.78, 5) is 11.5. The molecule has 0 aliphatic carbocycles. The summed E-state index contributed by atoms with van der Waals surface area (Å²) in [6, 6.07) is 10.3. The number of carbonyl (C=O) groups is 1. The Morgan fingerprint density at radius 3 is 2.42 bits per heavy atom. The maximum atomic E-state index is 13.8. The minimum Gasteiger partial charge on any atom is -0.325 e. The number of carbonyl (C=O) groups excluding carboxylic acids is 1. The van der Waals surface area contributed by atoms with Crippen LogP contribution in [0.25, 0.3) is 0 Å². The van der Waals surface area contributed by atoms with E-state index >= 15 is 0 Å². The largest absolute Gasteiger partial charge is 0.325 e.